The van der Waals surface area contributed by atoms with Crippen molar-refractivity contribution in [2.75, 3.05) is 13.2 Å². The molecule has 4 bridgehead atoms. The number of aromatic amines is 1. The highest BCUT2D eigenvalue weighted by atomic mass is 16.5. The lowest BCUT2D eigenvalue weighted by atomic mass is 9.49. The Hall–Kier alpha value is -1.78. The number of hydrogen-bond donors (Lipinski definition) is 2. The van der Waals surface area contributed by atoms with Gasteiger partial charge in [0.05, 0.1) is 0 Å². The summed E-state index contributed by atoms with van der Waals surface area (Å²) in [6.07, 6.45) is 9.66. The van der Waals surface area contributed by atoms with Crippen LogP contribution in [0.1, 0.15) is 49.0 Å². The van der Waals surface area contributed by atoms with Crippen LogP contribution in [-0.4, -0.2) is 30.0 Å². The number of nitrogens with one attached hydrogen (secondary N) is 2. The van der Waals surface area contributed by atoms with Crippen molar-refractivity contribution in [2.45, 2.75) is 38.5 Å². The molecule has 5 heteroatoms. The molecular formula is C18H24N2O3. The second-order valence-corrected chi connectivity index (χ2v) is 7.85. The van der Waals surface area contributed by atoms with Crippen molar-refractivity contribution in [3.05, 3.63) is 24.0 Å². The van der Waals surface area contributed by atoms with Gasteiger partial charge in [-0.1, -0.05) is 0 Å². The van der Waals surface area contributed by atoms with Gasteiger partial charge in [-0.2, -0.15) is 0 Å². The van der Waals surface area contributed by atoms with Crippen molar-refractivity contribution in [3.63, 3.8) is 0 Å². The summed E-state index contributed by atoms with van der Waals surface area (Å²) in [5.74, 6) is 1.96. The monoisotopic (exact) mass is 316 g/mol. The molecule has 0 unspecified atom stereocenters. The molecule has 5 rings (SSSR count). The highest BCUT2D eigenvalue weighted by molar-refractivity contribution is 5.89. The topological polar surface area (TPSA) is 71.2 Å². The summed E-state index contributed by atoms with van der Waals surface area (Å²) in [6, 6.07) is 3.36. The number of carbonyl (C=O) groups excluding carboxylic acids is 2. The smallest absolute Gasteiger partial charge is 0.355 e. The van der Waals surface area contributed by atoms with E-state index in [9.17, 15) is 9.59 Å². The lowest BCUT2D eigenvalue weighted by molar-refractivity contribution is -0.126. The fourth-order valence-electron chi connectivity index (χ4n) is 5.51. The van der Waals surface area contributed by atoms with E-state index >= 15 is 0 Å². The highest BCUT2D eigenvalue weighted by Crippen LogP contribution is 2.59. The Morgan fingerprint density at radius 3 is 2.39 bits per heavy atom. The molecule has 1 amide bonds. The van der Waals surface area contributed by atoms with Gasteiger partial charge in [-0.05, 0) is 73.8 Å². The Balaban J connectivity index is 1.26. The maximum atomic E-state index is 12.0. The fourth-order valence-corrected chi connectivity index (χ4v) is 5.51. The van der Waals surface area contributed by atoms with E-state index in [4.69, 9.17) is 4.74 Å². The normalized spacial score (nSPS) is 34.3. The van der Waals surface area contributed by atoms with Crippen molar-refractivity contribution in [2.24, 2.45) is 23.2 Å². The standard InChI is InChI=1S/C18H24N2O3/c21-16(10-23-17(22)15-2-1-3-19-15)20-11-18-7-12-4-13(8-18)6-14(5-12)9-18/h1-3,12-14,19H,4-11H2,(H,20,21). The van der Waals surface area contributed by atoms with Gasteiger partial charge in [0.15, 0.2) is 6.61 Å². The molecule has 23 heavy (non-hydrogen) atoms. The molecule has 4 aliphatic rings. The molecule has 1 heterocycles. The van der Waals surface area contributed by atoms with Gasteiger partial charge in [0.1, 0.15) is 5.69 Å². The van der Waals surface area contributed by atoms with Crippen molar-refractivity contribution in [1.29, 1.82) is 0 Å². The van der Waals surface area contributed by atoms with Crippen LogP contribution in [0.5, 0.6) is 0 Å². The molecule has 0 spiro atoms. The maximum absolute atomic E-state index is 12.0. The van der Waals surface area contributed by atoms with Gasteiger partial charge >= 0.3 is 5.97 Å². The predicted molar refractivity (Wildman–Crippen MR) is 84.7 cm³/mol. The Morgan fingerprint density at radius 2 is 1.83 bits per heavy atom. The van der Waals surface area contributed by atoms with Crippen LogP contribution in [0.2, 0.25) is 0 Å². The molecule has 0 aliphatic heterocycles. The molecule has 124 valence electrons. The van der Waals surface area contributed by atoms with Gasteiger partial charge in [-0.15, -0.1) is 0 Å². The van der Waals surface area contributed by atoms with Gasteiger partial charge < -0.3 is 15.0 Å². The lowest BCUT2D eigenvalue weighted by Gasteiger charge is -2.56. The van der Waals surface area contributed by atoms with Crippen LogP contribution in [0.3, 0.4) is 0 Å². The molecule has 0 aromatic carbocycles. The molecule has 1 aromatic heterocycles. The molecule has 4 saturated carbocycles. The zero-order valence-corrected chi connectivity index (χ0v) is 13.3. The minimum absolute atomic E-state index is 0.194. The first-order chi connectivity index (χ1) is 11.1. The third-order valence-corrected chi connectivity index (χ3v) is 5.98. The molecular weight excluding hydrogens is 292 g/mol. The Bertz CT molecular complexity index is 558. The lowest BCUT2D eigenvalue weighted by Crippen LogP contribution is -2.51. The quantitative estimate of drug-likeness (QED) is 0.820. The molecule has 4 aliphatic carbocycles. The number of hydrogen-bond acceptors (Lipinski definition) is 3. The SMILES string of the molecule is O=C(COC(=O)c1ccc[nH]1)NCC12CC3CC(CC(C3)C1)C2. The average molecular weight is 316 g/mol. The molecule has 4 fully saturated rings. The first kappa shape index (κ1) is 14.8. The predicted octanol–water partition coefficient (Wildman–Crippen LogP) is 2.50. The zero-order valence-electron chi connectivity index (χ0n) is 13.3. The third-order valence-electron chi connectivity index (χ3n) is 5.98. The molecule has 5 nitrogen and oxygen atoms in total. The van der Waals surface area contributed by atoms with Crippen molar-refractivity contribution in [3.8, 4) is 0 Å². The van der Waals surface area contributed by atoms with E-state index in [0.29, 0.717) is 11.1 Å². The van der Waals surface area contributed by atoms with Crippen LogP contribution in [0.15, 0.2) is 18.3 Å². The molecule has 2 N–H and O–H groups in total. The second kappa shape index (κ2) is 5.69. The number of aromatic nitrogens is 1. The average Bonchev–Trinajstić information content (AvgIpc) is 3.04. The minimum Gasteiger partial charge on any atom is -0.451 e. The van der Waals surface area contributed by atoms with E-state index in [1.54, 1.807) is 18.3 Å². The number of H-pyrrole nitrogens is 1. The van der Waals surface area contributed by atoms with E-state index < -0.39 is 5.97 Å². The van der Waals surface area contributed by atoms with Gasteiger partial charge in [0.2, 0.25) is 0 Å². The van der Waals surface area contributed by atoms with Gasteiger partial charge in [0, 0.05) is 12.7 Å². The Kier molecular flexibility index (Phi) is 3.66. The number of amides is 1. The Labute approximate surface area is 136 Å². The summed E-state index contributed by atoms with van der Waals surface area (Å²) in [6.45, 7) is 0.541. The summed E-state index contributed by atoms with van der Waals surface area (Å²) in [5.41, 5.74) is 0.687. The number of esters is 1. The maximum Gasteiger partial charge on any atom is 0.355 e. The fraction of sp³-hybridized carbons (Fsp3) is 0.667. The van der Waals surface area contributed by atoms with E-state index in [0.717, 1.165) is 24.3 Å². The van der Waals surface area contributed by atoms with Gasteiger partial charge in [-0.25, -0.2) is 4.79 Å². The molecule has 1 aromatic rings. The second-order valence-electron chi connectivity index (χ2n) is 7.85. The number of ether oxygens (including phenoxy) is 1. The number of carbonyl (C=O) groups is 2. The minimum atomic E-state index is -0.486. The van der Waals surface area contributed by atoms with E-state index in [1.807, 2.05) is 0 Å². The first-order valence-corrected chi connectivity index (χ1v) is 8.69. The van der Waals surface area contributed by atoms with Crippen molar-refractivity contribution >= 4 is 11.9 Å². The van der Waals surface area contributed by atoms with Crippen LogP contribution in [-0.2, 0) is 9.53 Å². The van der Waals surface area contributed by atoms with Crippen LogP contribution in [0, 0.1) is 23.2 Å². The summed E-state index contributed by atoms with van der Waals surface area (Å²) in [5, 5.41) is 3.01. The zero-order chi connectivity index (χ0) is 15.9. The molecule has 0 radical (unpaired) electrons. The van der Waals surface area contributed by atoms with Crippen LogP contribution < -0.4 is 5.32 Å². The van der Waals surface area contributed by atoms with Crippen LogP contribution >= 0.6 is 0 Å². The van der Waals surface area contributed by atoms with Crippen LogP contribution in [0.4, 0.5) is 0 Å². The summed E-state index contributed by atoms with van der Waals surface area (Å²) in [4.78, 5) is 26.5. The Morgan fingerprint density at radius 1 is 1.17 bits per heavy atom. The summed E-state index contributed by atoms with van der Waals surface area (Å²) in [7, 11) is 0. The summed E-state index contributed by atoms with van der Waals surface area (Å²) < 4.78 is 5.04. The van der Waals surface area contributed by atoms with E-state index in [-0.39, 0.29) is 12.5 Å². The molecule has 0 atom stereocenters. The van der Waals surface area contributed by atoms with Crippen molar-refractivity contribution in [1.82, 2.24) is 10.3 Å². The van der Waals surface area contributed by atoms with Crippen molar-refractivity contribution < 1.29 is 14.3 Å². The third kappa shape index (κ3) is 3.01. The summed E-state index contributed by atoms with van der Waals surface area (Å²) >= 11 is 0. The van der Waals surface area contributed by atoms with Gasteiger partial charge in [0.25, 0.3) is 5.91 Å². The van der Waals surface area contributed by atoms with E-state index in [1.165, 1.54) is 38.5 Å². The number of rotatable bonds is 5. The van der Waals surface area contributed by atoms with Gasteiger partial charge in [-0.3, -0.25) is 4.79 Å². The first-order valence-electron chi connectivity index (χ1n) is 8.69. The molecule has 0 saturated heterocycles. The highest BCUT2D eigenvalue weighted by Gasteiger charge is 2.50. The largest absolute Gasteiger partial charge is 0.451 e. The van der Waals surface area contributed by atoms with Crippen LogP contribution in [0.25, 0.3) is 0 Å². The van der Waals surface area contributed by atoms with E-state index in [2.05, 4.69) is 10.3 Å².